The monoisotopic (exact) mass is 642 g/mol. The van der Waals surface area contributed by atoms with Gasteiger partial charge in [-0.3, -0.25) is 4.52 Å². The number of allylic oxidation sites excluding steroid dienone is 15. The summed E-state index contributed by atoms with van der Waals surface area (Å²) < 4.78 is 15.2. The first-order chi connectivity index (χ1) is 21.2. The summed E-state index contributed by atoms with van der Waals surface area (Å²) in [6.07, 6.45) is 33.8. The lowest BCUT2D eigenvalue weighted by atomic mass is 10.0. The summed E-state index contributed by atoms with van der Waals surface area (Å²) >= 11 is 0. The Morgan fingerprint density at radius 1 is 0.422 bits per heavy atom. The second kappa shape index (κ2) is 26.1. The van der Waals surface area contributed by atoms with Gasteiger partial charge in [0.15, 0.2) is 0 Å². The molecular weight excluding hydrogens is 575 g/mol. The van der Waals surface area contributed by atoms with Gasteiger partial charge in [0.2, 0.25) is 0 Å². The van der Waals surface area contributed by atoms with Crippen LogP contribution >= 0.6 is 7.82 Å². The molecule has 0 bridgehead atoms. The molecule has 0 heterocycles. The van der Waals surface area contributed by atoms with Crippen LogP contribution in [0.25, 0.3) is 0 Å². The SMILES string of the molecule is CC(C)=CCCC(C)=CCCC(C)=CCCC(C)=CCCC(C)=CCCC(C)=CCCC(C)=CCCC(C)=CCOP(=O)(O)O. The highest BCUT2D eigenvalue weighted by molar-refractivity contribution is 7.46. The molecule has 0 atom stereocenters. The van der Waals surface area contributed by atoms with Crippen molar-refractivity contribution in [2.45, 2.75) is 152 Å². The molecule has 0 amide bonds. The zero-order valence-corrected chi connectivity index (χ0v) is 31.3. The number of hydrogen-bond acceptors (Lipinski definition) is 2. The maximum Gasteiger partial charge on any atom is 0.469 e. The Labute approximate surface area is 278 Å². The van der Waals surface area contributed by atoms with Gasteiger partial charge < -0.3 is 9.79 Å². The zero-order valence-electron chi connectivity index (χ0n) is 30.4. The third-order valence-corrected chi connectivity index (χ3v) is 8.44. The van der Waals surface area contributed by atoms with Crippen LogP contribution in [0, 0.1) is 0 Å². The predicted molar refractivity (Wildman–Crippen MR) is 198 cm³/mol. The summed E-state index contributed by atoms with van der Waals surface area (Å²) in [6.45, 7) is 19.7. The lowest BCUT2D eigenvalue weighted by molar-refractivity contribution is 0.215. The van der Waals surface area contributed by atoms with E-state index < -0.39 is 7.82 Å². The Hall–Kier alpha value is -1.97. The predicted octanol–water partition coefficient (Wildman–Crippen LogP) is 13.1. The molecule has 0 aliphatic carbocycles. The summed E-state index contributed by atoms with van der Waals surface area (Å²) in [5.41, 5.74) is 11.3. The molecule has 0 aliphatic heterocycles. The van der Waals surface area contributed by atoms with Crippen molar-refractivity contribution in [2.24, 2.45) is 0 Å². The summed E-state index contributed by atoms with van der Waals surface area (Å²) in [5, 5.41) is 0. The Morgan fingerprint density at radius 3 is 0.867 bits per heavy atom. The smallest absolute Gasteiger partial charge is 0.303 e. The van der Waals surface area contributed by atoms with Crippen LogP contribution in [-0.4, -0.2) is 16.4 Å². The van der Waals surface area contributed by atoms with Gasteiger partial charge in [-0.15, -0.1) is 0 Å². The van der Waals surface area contributed by atoms with Crippen LogP contribution in [0.2, 0.25) is 0 Å². The van der Waals surface area contributed by atoms with Gasteiger partial charge in [-0.1, -0.05) is 93.2 Å². The summed E-state index contributed by atoms with van der Waals surface area (Å²) in [7, 11) is -4.39. The van der Waals surface area contributed by atoms with Crippen LogP contribution in [0.15, 0.2) is 93.2 Å². The van der Waals surface area contributed by atoms with Crippen LogP contribution in [0.5, 0.6) is 0 Å². The van der Waals surface area contributed by atoms with Crippen LogP contribution in [0.4, 0.5) is 0 Å². The molecule has 45 heavy (non-hydrogen) atoms. The third kappa shape index (κ3) is 30.4. The molecule has 0 aromatic rings. The highest BCUT2D eigenvalue weighted by Gasteiger charge is 2.11. The topological polar surface area (TPSA) is 66.8 Å². The van der Waals surface area contributed by atoms with E-state index in [1.807, 2.05) is 6.92 Å². The van der Waals surface area contributed by atoms with Crippen molar-refractivity contribution in [3.8, 4) is 0 Å². The fraction of sp³-hybridized carbons (Fsp3) is 0.600. The molecule has 0 saturated carbocycles. The molecule has 0 aromatic carbocycles. The van der Waals surface area contributed by atoms with Gasteiger partial charge in [-0.25, -0.2) is 4.57 Å². The first-order valence-corrected chi connectivity index (χ1v) is 18.6. The second-order valence-electron chi connectivity index (χ2n) is 13.2. The molecule has 0 spiro atoms. The third-order valence-electron chi connectivity index (χ3n) is 7.95. The van der Waals surface area contributed by atoms with E-state index in [4.69, 9.17) is 9.79 Å². The van der Waals surface area contributed by atoms with Gasteiger partial charge in [-0.05, 0) is 152 Å². The van der Waals surface area contributed by atoms with Crippen molar-refractivity contribution in [3.63, 3.8) is 0 Å². The molecule has 0 aromatic heterocycles. The van der Waals surface area contributed by atoms with Crippen molar-refractivity contribution in [1.82, 2.24) is 0 Å². The second-order valence-corrected chi connectivity index (χ2v) is 14.4. The van der Waals surface area contributed by atoms with Crippen molar-refractivity contribution in [1.29, 1.82) is 0 Å². The van der Waals surface area contributed by atoms with E-state index in [1.165, 1.54) is 51.9 Å². The van der Waals surface area contributed by atoms with Crippen molar-refractivity contribution < 1.29 is 18.9 Å². The van der Waals surface area contributed by atoms with Gasteiger partial charge in [0.1, 0.15) is 0 Å². The van der Waals surface area contributed by atoms with Gasteiger partial charge in [0.05, 0.1) is 6.61 Å². The van der Waals surface area contributed by atoms with Gasteiger partial charge in [0.25, 0.3) is 0 Å². The van der Waals surface area contributed by atoms with Crippen LogP contribution in [0.1, 0.15) is 152 Å². The van der Waals surface area contributed by atoms with Crippen molar-refractivity contribution in [3.05, 3.63) is 93.2 Å². The lowest BCUT2D eigenvalue weighted by Crippen LogP contribution is -1.89. The van der Waals surface area contributed by atoms with E-state index in [0.717, 1.165) is 82.6 Å². The Balaban J connectivity index is 4.21. The van der Waals surface area contributed by atoms with Crippen LogP contribution < -0.4 is 0 Å². The standard InChI is InChI=1S/C40H67O4P/c1-33(2)17-10-18-34(3)19-11-20-35(4)21-12-22-36(5)23-13-24-37(6)25-14-26-38(7)27-15-28-39(8)29-16-30-40(9)31-32-44-45(41,42)43/h17,19,21,23,25,27,29,31H,10-16,18,20,22,24,26,28,30,32H2,1-9H3,(H2,41,42,43). The molecule has 0 unspecified atom stereocenters. The molecule has 0 fully saturated rings. The number of hydrogen-bond donors (Lipinski definition) is 2. The molecule has 4 nitrogen and oxygen atoms in total. The van der Waals surface area contributed by atoms with Gasteiger partial charge >= 0.3 is 7.82 Å². The average molecular weight is 643 g/mol. The molecule has 5 heteroatoms. The molecule has 256 valence electrons. The van der Waals surface area contributed by atoms with Gasteiger partial charge in [0, 0.05) is 0 Å². The van der Waals surface area contributed by atoms with E-state index in [9.17, 15) is 4.57 Å². The fourth-order valence-electron chi connectivity index (χ4n) is 4.86. The van der Waals surface area contributed by atoms with Crippen LogP contribution in [0.3, 0.4) is 0 Å². The fourth-order valence-corrected chi connectivity index (χ4v) is 5.13. The highest BCUT2D eigenvalue weighted by Crippen LogP contribution is 2.35. The molecule has 0 saturated heterocycles. The number of phosphoric acid groups is 1. The van der Waals surface area contributed by atoms with E-state index in [2.05, 4.69) is 102 Å². The van der Waals surface area contributed by atoms with E-state index >= 15 is 0 Å². The van der Waals surface area contributed by atoms with E-state index in [-0.39, 0.29) is 6.61 Å². The Kier molecular flexibility index (Phi) is 25.0. The number of phosphoric ester groups is 1. The van der Waals surface area contributed by atoms with Crippen molar-refractivity contribution in [2.75, 3.05) is 6.61 Å². The first-order valence-electron chi connectivity index (χ1n) is 17.1. The molecule has 2 N–H and O–H groups in total. The largest absolute Gasteiger partial charge is 0.469 e. The average Bonchev–Trinajstić information content (AvgIpc) is 2.92. The minimum atomic E-state index is -4.39. The maximum absolute atomic E-state index is 10.7. The normalized spacial score (nSPS) is 14.8. The van der Waals surface area contributed by atoms with Crippen LogP contribution in [-0.2, 0) is 9.09 Å². The Morgan fingerprint density at radius 2 is 0.644 bits per heavy atom. The maximum atomic E-state index is 10.7. The highest BCUT2D eigenvalue weighted by atomic mass is 31.2. The summed E-state index contributed by atoms with van der Waals surface area (Å²) in [6, 6.07) is 0. The quantitative estimate of drug-likeness (QED) is 0.0812. The van der Waals surface area contributed by atoms with E-state index in [1.54, 1.807) is 6.08 Å². The minimum Gasteiger partial charge on any atom is -0.303 e. The van der Waals surface area contributed by atoms with Gasteiger partial charge in [-0.2, -0.15) is 0 Å². The molecule has 0 aliphatic rings. The Bertz CT molecular complexity index is 1130. The molecule has 0 radical (unpaired) electrons. The zero-order chi connectivity index (χ0) is 34.1. The first kappa shape index (κ1) is 43.0. The minimum absolute atomic E-state index is 0.0528. The summed E-state index contributed by atoms with van der Waals surface area (Å²) in [5.74, 6) is 0. The lowest BCUT2D eigenvalue weighted by Gasteiger charge is -2.04. The van der Waals surface area contributed by atoms with E-state index in [0.29, 0.717) is 0 Å². The number of rotatable bonds is 24. The molecular formula is C40H67O4P. The van der Waals surface area contributed by atoms with Crippen molar-refractivity contribution >= 4 is 7.82 Å². The summed E-state index contributed by atoms with van der Waals surface area (Å²) in [4.78, 5) is 17.5. The molecule has 0 rings (SSSR count).